The topological polar surface area (TPSA) is 71.8 Å². The Morgan fingerprint density at radius 1 is 1.42 bits per heavy atom. The molecule has 0 radical (unpaired) electrons. The molecule has 7 heteroatoms. The highest BCUT2D eigenvalue weighted by atomic mass is 16.6. The molecule has 0 saturated carbocycles. The predicted molar refractivity (Wildman–Crippen MR) is 68.9 cm³/mol. The molecule has 1 N–H and O–H groups in total. The Balaban J connectivity index is 2.00. The Bertz CT molecular complexity index is 603. The molecule has 1 aliphatic rings. The van der Waals surface area contributed by atoms with Crippen LogP contribution in [0.2, 0.25) is 0 Å². The van der Waals surface area contributed by atoms with Crippen LogP contribution in [0.1, 0.15) is 23.2 Å². The zero-order chi connectivity index (χ0) is 13.2. The van der Waals surface area contributed by atoms with Gasteiger partial charge in [0.1, 0.15) is 11.4 Å². The molecule has 0 spiro atoms. The molecule has 3 rings (SSSR count). The molecular formula is C12H15N5O2. The van der Waals surface area contributed by atoms with Gasteiger partial charge in [0.05, 0.1) is 13.3 Å². The predicted octanol–water partition coefficient (Wildman–Crippen LogP) is 0.621. The van der Waals surface area contributed by atoms with Gasteiger partial charge in [0, 0.05) is 19.3 Å². The highest BCUT2D eigenvalue weighted by Gasteiger charge is 2.17. The monoisotopic (exact) mass is 261 g/mol. The minimum atomic E-state index is -0.344. The lowest BCUT2D eigenvalue weighted by Gasteiger charge is -2.16. The van der Waals surface area contributed by atoms with Crippen LogP contribution in [0.5, 0.6) is 0 Å². The summed E-state index contributed by atoms with van der Waals surface area (Å²) >= 11 is 0. The van der Waals surface area contributed by atoms with Gasteiger partial charge in [0.15, 0.2) is 5.65 Å². The number of carbonyl (C=O) groups excluding carboxylic acids is 1. The van der Waals surface area contributed by atoms with Gasteiger partial charge in [-0.3, -0.25) is 9.63 Å². The maximum Gasteiger partial charge on any atom is 0.280 e. The summed E-state index contributed by atoms with van der Waals surface area (Å²) < 4.78 is 1.59. The Labute approximate surface area is 110 Å². The van der Waals surface area contributed by atoms with Gasteiger partial charge in [-0.25, -0.2) is 15.0 Å². The normalized spacial score (nSPS) is 15.1. The van der Waals surface area contributed by atoms with E-state index in [0.29, 0.717) is 11.2 Å². The summed E-state index contributed by atoms with van der Waals surface area (Å²) in [5.74, 6) is 0.542. The van der Waals surface area contributed by atoms with Gasteiger partial charge in [-0.1, -0.05) is 0 Å². The number of hydroxylamine groups is 1. The molecule has 1 fully saturated rings. The van der Waals surface area contributed by atoms with Crippen molar-refractivity contribution in [3.63, 3.8) is 0 Å². The molecule has 0 aliphatic carbocycles. The van der Waals surface area contributed by atoms with Crippen molar-refractivity contribution in [3.8, 4) is 0 Å². The molecule has 3 heterocycles. The first-order chi connectivity index (χ1) is 9.29. The highest BCUT2D eigenvalue weighted by molar-refractivity contribution is 5.99. The van der Waals surface area contributed by atoms with Gasteiger partial charge in [-0.2, -0.15) is 5.10 Å². The van der Waals surface area contributed by atoms with Crippen molar-refractivity contribution in [2.75, 3.05) is 25.1 Å². The van der Waals surface area contributed by atoms with E-state index in [-0.39, 0.29) is 5.91 Å². The van der Waals surface area contributed by atoms with E-state index in [1.165, 1.54) is 26.1 Å². The number of amides is 1. The maximum atomic E-state index is 11.8. The standard InChI is InChI=1S/C12H15N5O2/c1-19-15-12(18)9-8-13-17-7-4-10(14-11(9)17)16-5-2-3-6-16/h4,7-8H,2-3,5-6H2,1H3,(H,15,18). The molecule has 0 atom stereocenters. The van der Waals surface area contributed by atoms with Crippen LogP contribution in [0.4, 0.5) is 5.82 Å². The number of hydrogen-bond donors (Lipinski definition) is 1. The van der Waals surface area contributed by atoms with Gasteiger partial charge in [-0.15, -0.1) is 0 Å². The number of rotatable bonds is 3. The van der Waals surface area contributed by atoms with Crippen LogP contribution >= 0.6 is 0 Å². The third-order valence-corrected chi connectivity index (χ3v) is 3.22. The number of hydrogen-bond acceptors (Lipinski definition) is 5. The molecule has 2 aromatic heterocycles. The van der Waals surface area contributed by atoms with Crippen LogP contribution in [0, 0.1) is 0 Å². The lowest BCUT2D eigenvalue weighted by atomic mass is 10.3. The second kappa shape index (κ2) is 4.85. The van der Waals surface area contributed by atoms with Crippen molar-refractivity contribution in [1.82, 2.24) is 20.1 Å². The summed E-state index contributed by atoms with van der Waals surface area (Å²) in [6.45, 7) is 2.02. The number of carbonyl (C=O) groups is 1. The van der Waals surface area contributed by atoms with Crippen LogP contribution in [0.15, 0.2) is 18.5 Å². The molecule has 0 aromatic carbocycles. The first-order valence-corrected chi connectivity index (χ1v) is 6.22. The summed E-state index contributed by atoms with van der Waals surface area (Å²) in [6.07, 6.45) is 5.68. The number of nitrogens with zero attached hydrogens (tertiary/aromatic N) is 4. The number of aromatic nitrogens is 3. The first kappa shape index (κ1) is 11.9. The Hall–Kier alpha value is -2.15. The molecule has 1 amide bonds. The van der Waals surface area contributed by atoms with E-state index in [4.69, 9.17) is 0 Å². The number of anilines is 1. The van der Waals surface area contributed by atoms with Crippen LogP contribution in [-0.2, 0) is 4.84 Å². The molecule has 1 saturated heterocycles. The van der Waals surface area contributed by atoms with Crippen LogP contribution in [0.3, 0.4) is 0 Å². The second-order valence-electron chi connectivity index (χ2n) is 4.44. The van der Waals surface area contributed by atoms with Crippen molar-refractivity contribution in [2.45, 2.75) is 12.8 Å². The maximum absolute atomic E-state index is 11.8. The van der Waals surface area contributed by atoms with E-state index in [9.17, 15) is 4.79 Å². The smallest absolute Gasteiger partial charge is 0.280 e. The third-order valence-electron chi connectivity index (χ3n) is 3.22. The Kier molecular flexibility index (Phi) is 3.04. The van der Waals surface area contributed by atoms with Crippen LogP contribution in [0.25, 0.3) is 5.65 Å². The van der Waals surface area contributed by atoms with Crippen molar-refractivity contribution in [2.24, 2.45) is 0 Å². The summed E-state index contributed by atoms with van der Waals surface area (Å²) in [7, 11) is 1.40. The zero-order valence-corrected chi connectivity index (χ0v) is 10.7. The largest absolute Gasteiger partial charge is 0.357 e. The molecule has 7 nitrogen and oxygen atoms in total. The fourth-order valence-electron chi connectivity index (χ4n) is 2.29. The van der Waals surface area contributed by atoms with Crippen molar-refractivity contribution in [3.05, 3.63) is 24.0 Å². The van der Waals surface area contributed by atoms with E-state index < -0.39 is 0 Å². The summed E-state index contributed by atoms with van der Waals surface area (Å²) in [4.78, 5) is 23.2. The van der Waals surface area contributed by atoms with Crippen LogP contribution < -0.4 is 10.4 Å². The molecule has 0 bridgehead atoms. The van der Waals surface area contributed by atoms with Gasteiger partial charge < -0.3 is 4.90 Å². The molecule has 2 aromatic rings. The van der Waals surface area contributed by atoms with Crippen molar-refractivity contribution in [1.29, 1.82) is 0 Å². The van der Waals surface area contributed by atoms with Crippen molar-refractivity contribution < 1.29 is 9.63 Å². The van der Waals surface area contributed by atoms with E-state index in [0.717, 1.165) is 18.9 Å². The average Bonchev–Trinajstić information content (AvgIpc) is 3.07. The summed E-state index contributed by atoms with van der Waals surface area (Å²) in [6, 6.07) is 1.92. The van der Waals surface area contributed by atoms with E-state index >= 15 is 0 Å². The molecular weight excluding hydrogens is 246 g/mol. The first-order valence-electron chi connectivity index (χ1n) is 6.22. The summed E-state index contributed by atoms with van der Waals surface area (Å²) in [5.41, 5.74) is 3.23. The minimum absolute atomic E-state index is 0.344. The minimum Gasteiger partial charge on any atom is -0.357 e. The number of fused-ring (bicyclic) bond motifs is 1. The molecule has 0 unspecified atom stereocenters. The fraction of sp³-hybridized carbons (Fsp3) is 0.417. The zero-order valence-electron chi connectivity index (χ0n) is 10.7. The van der Waals surface area contributed by atoms with Gasteiger partial charge in [0.2, 0.25) is 0 Å². The molecule has 19 heavy (non-hydrogen) atoms. The fourth-order valence-corrected chi connectivity index (χ4v) is 2.29. The quantitative estimate of drug-likeness (QED) is 0.820. The van der Waals surface area contributed by atoms with Gasteiger partial charge >= 0.3 is 0 Å². The van der Waals surface area contributed by atoms with Crippen molar-refractivity contribution >= 4 is 17.4 Å². The third kappa shape index (κ3) is 2.12. The van der Waals surface area contributed by atoms with E-state index in [1.54, 1.807) is 4.52 Å². The Morgan fingerprint density at radius 2 is 2.21 bits per heavy atom. The van der Waals surface area contributed by atoms with E-state index in [1.807, 2.05) is 12.3 Å². The number of nitrogens with one attached hydrogen (secondary N) is 1. The van der Waals surface area contributed by atoms with Crippen LogP contribution in [-0.4, -0.2) is 40.7 Å². The van der Waals surface area contributed by atoms with Gasteiger partial charge in [-0.05, 0) is 18.9 Å². The van der Waals surface area contributed by atoms with Gasteiger partial charge in [0.25, 0.3) is 5.91 Å². The molecule has 100 valence electrons. The second-order valence-corrected chi connectivity index (χ2v) is 4.44. The Morgan fingerprint density at radius 3 is 2.95 bits per heavy atom. The average molecular weight is 261 g/mol. The lowest BCUT2D eigenvalue weighted by molar-refractivity contribution is 0.0539. The van der Waals surface area contributed by atoms with E-state index in [2.05, 4.69) is 25.3 Å². The SMILES string of the molecule is CONC(=O)c1cnn2ccc(N3CCCC3)nc12. The molecule has 1 aliphatic heterocycles. The highest BCUT2D eigenvalue weighted by Crippen LogP contribution is 2.19. The lowest BCUT2D eigenvalue weighted by Crippen LogP contribution is -2.22. The summed E-state index contributed by atoms with van der Waals surface area (Å²) in [5, 5.41) is 4.11.